The molecule has 2 rings (SSSR count). The number of nitrogens with zero attached hydrogens (tertiary/aromatic N) is 1. The molecule has 0 bridgehead atoms. The zero-order chi connectivity index (χ0) is 14.6. The number of aromatic nitrogens is 1. The molecule has 2 N–H and O–H groups in total. The Morgan fingerprint density at radius 2 is 1.95 bits per heavy atom. The Morgan fingerprint density at radius 1 is 1.15 bits per heavy atom. The summed E-state index contributed by atoms with van der Waals surface area (Å²) in [5.41, 5.74) is 9.02. The highest BCUT2D eigenvalue weighted by atomic mass is 19.1. The molecule has 0 aliphatic heterocycles. The molecule has 1 aromatic heterocycles. The normalized spacial score (nSPS) is 14.0. The quantitative estimate of drug-likeness (QED) is 0.907. The fraction of sp³-hybridized carbons (Fsp3) is 0.353. The van der Waals surface area contributed by atoms with E-state index in [1.165, 1.54) is 11.6 Å². The van der Waals surface area contributed by atoms with Gasteiger partial charge in [0.15, 0.2) is 0 Å². The van der Waals surface area contributed by atoms with Crippen LogP contribution in [0.4, 0.5) is 4.39 Å². The zero-order valence-electron chi connectivity index (χ0n) is 12.1. The Kier molecular flexibility index (Phi) is 4.50. The van der Waals surface area contributed by atoms with Gasteiger partial charge in [-0.1, -0.05) is 25.1 Å². The number of aryl methyl sites for hydroxylation is 1. The van der Waals surface area contributed by atoms with Gasteiger partial charge < -0.3 is 5.73 Å². The first kappa shape index (κ1) is 14.7. The summed E-state index contributed by atoms with van der Waals surface area (Å²) < 4.78 is 13.2. The maximum atomic E-state index is 13.2. The van der Waals surface area contributed by atoms with Crippen LogP contribution in [0.3, 0.4) is 0 Å². The average Bonchev–Trinajstić information content (AvgIpc) is 2.38. The van der Waals surface area contributed by atoms with Crippen molar-refractivity contribution in [1.82, 2.24) is 4.98 Å². The van der Waals surface area contributed by atoms with E-state index in [0.717, 1.165) is 17.7 Å². The zero-order valence-corrected chi connectivity index (χ0v) is 12.1. The number of hydrogen-bond donors (Lipinski definition) is 1. The van der Waals surface area contributed by atoms with E-state index in [-0.39, 0.29) is 5.82 Å². The molecule has 0 amide bonds. The lowest BCUT2D eigenvalue weighted by atomic mass is 9.89. The summed E-state index contributed by atoms with van der Waals surface area (Å²) in [4.78, 5) is 4.44. The second-order valence-corrected chi connectivity index (χ2v) is 5.65. The van der Waals surface area contributed by atoms with Crippen LogP contribution in [-0.4, -0.2) is 10.5 Å². The number of nitrogens with two attached hydrogens (primary N) is 1. The third-order valence-corrected chi connectivity index (χ3v) is 3.38. The summed E-state index contributed by atoms with van der Waals surface area (Å²) in [6.45, 7) is 4.08. The van der Waals surface area contributed by atoms with Gasteiger partial charge in [-0.2, -0.15) is 0 Å². The Morgan fingerprint density at radius 3 is 2.55 bits per heavy atom. The number of rotatable bonds is 5. The van der Waals surface area contributed by atoms with E-state index >= 15 is 0 Å². The second-order valence-electron chi connectivity index (χ2n) is 5.65. The lowest BCUT2D eigenvalue weighted by Crippen LogP contribution is -2.41. The van der Waals surface area contributed by atoms with Gasteiger partial charge in [0, 0.05) is 23.9 Å². The monoisotopic (exact) mass is 272 g/mol. The van der Waals surface area contributed by atoms with Gasteiger partial charge in [-0.05, 0) is 49.1 Å². The SMILES string of the molecule is CCc1ccc(CC(C)(N)Cc2cccc(F)c2)nc1. The van der Waals surface area contributed by atoms with Crippen molar-refractivity contribution in [2.24, 2.45) is 5.73 Å². The van der Waals surface area contributed by atoms with Crippen LogP contribution in [0.2, 0.25) is 0 Å². The molecule has 0 aliphatic rings. The smallest absolute Gasteiger partial charge is 0.123 e. The molecule has 106 valence electrons. The fourth-order valence-electron chi connectivity index (χ4n) is 2.36. The molecule has 2 nitrogen and oxygen atoms in total. The van der Waals surface area contributed by atoms with Crippen molar-refractivity contribution >= 4 is 0 Å². The van der Waals surface area contributed by atoms with E-state index in [4.69, 9.17) is 5.73 Å². The molecule has 1 unspecified atom stereocenters. The molecule has 1 aromatic carbocycles. The molecule has 0 radical (unpaired) electrons. The van der Waals surface area contributed by atoms with Gasteiger partial charge >= 0.3 is 0 Å². The van der Waals surface area contributed by atoms with Crippen LogP contribution in [-0.2, 0) is 19.3 Å². The van der Waals surface area contributed by atoms with Crippen LogP contribution in [0.15, 0.2) is 42.6 Å². The molecule has 1 heterocycles. The van der Waals surface area contributed by atoms with Gasteiger partial charge in [-0.15, -0.1) is 0 Å². The van der Waals surface area contributed by atoms with Crippen LogP contribution >= 0.6 is 0 Å². The van der Waals surface area contributed by atoms with E-state index in [0.29, 0.717) is 12.8 Å². The van der Waals surface area contributed by atoms with Gasteiger partial charge in [0.25, 0.3) is 0 Å². The summed E-state index contributed by atoms with van der Waals surface area (Å²) in [6.07, 6.45) is 4.18. The molecule has 0 saturated heterocycles. The molecular formula is C17H21FN2. The Hall–Kier alpha value is -1.74. The van der Waals surface area contributed by atoms with E-state index in [1.54, 1.807) is 12.1 Å². The van der Waals surface area contributed by atoms with Gasteiger partial charge in [0.05, 0.1) is 0 Å². The van der Waals surface area contributed by atoms with Gasteiger partial charge in [0.1, 0.15) is 5.82 Å². The van der Waals surface area contributed by atoms with Gasteiger partial charge in [-0.25, -0.2) is 4.39 Å². The van der Waals surface area contributed by atoms with Crippen molar-refractivity contribution in [2.45, 2.75) is 38.6 Å². The van der Waals surface area contributed by atoms with Gasteiger partial charge in [0.2, 0.25) is 0 Å². The van der Waals surface area contributed by atoms with Crippen molar-refractivity contribution in [3.05, 3.63) is 65.2 Å². The first-order valence-corrected chi connectivity index (χ1v) is 6.96. The average molecular weight is 272 g/mol. The molecule has 0 spiro atoms. The number of pyridine rings is 1. The maximum Gasteiger partial charge on any atom is 0.123 e. The van der Waals surface area contributed by atoms with E-state index in [1.807, 2.05) is 25.3 Å². The van der Waals surface area contributed by atoms with E-state index in [2.05, 4.69) is 18.0 Å². The first-order chi connectivity index (χ1) is 9.48. The predicted octanol–water partition coefficient (Wildman–Crippen LogP) is 3.29. The summed E-state index contributed by atoms with van der Waals surface area (Å²) >= 11 is 0. The van der Waals surface area contributed by atoms with Gasteiger partial charge in [-0.3, -0.25) is 4.98 Å². The number of halogens is 1. The fourth-order valence-corrected chi connectivity index (χ4v) is 2.36. The lowest BCUT2D eigenvalue weighted by molar-refractivity contribution is 0.456. The van der Waals surface area contributed by atoms with Crippen LogP contribution in [0.25, 0.3) is 0 Å². The maximum absolute atomic E-state index is 13.2. The third-order valence-electron chi connectivity index (χ3n) is 3.38. The molecule has 3 heteroatoms. The molecular weight excluding hydrogens is 251 g/mol. The Labute approximate surface area is 119 Å². The van der Waals surface area contributed by atoms with Crippen molar-refractivity contribution in [3.8, 4) is 0 Å². The van der Waals surface area contributed by atoms with E-state index in [9.17, 15) is 4.39 Å². The van der Waals surface area contributed by atoms with Crippen LogP contribution in [0.5, 0.6) is 0 Å². The van der Waals surface area contributed by atoms with Crippen LogP contribution < -0.4 is 5.73 Å². The summed E-state index contributed by atoms with van der Waals surface area (Å²) in [5.74, 6) is -0.219. The van der Waals surface area contributed by atoms with Crippen LogP contribution in [0.1, 0.15) is 30.7 Å². The van der Waals surface area contributed by atoms with Crippen molar-refractivity contribution in [3.63, 3.8) is 0 Å². The first-order valence-electron chi connectivity index (χ1n) is 6.96. The minimum atomic E-state index is -0.436. The Balaban J connectivity index is 2.06. The summed E-state index contributed by atoms with van der Waals surface area (Å²) in [7, 11) is 0. The molecule has 2 aromatic rings. The second kappa shape index (κ2) is 6.14. The highest BCUT2D eigenvalue weighted by molar-refractivity contribution is 5.21. The Bertz CT molecular complexity index is 561. The number of benzene rings is 1. The van der Waals surface area contributed by atoms with Crippen molar-refractivity contribution in [1.29, 1.82) is 0 Å². The minimum Gasteiger partial charge on any atom is -0.325 e. The largest absolute Gasteiger partial charge is 0.325 e. The minimum absolute atomic E-state index is 0.219. The standard InChI is InChI=1S/C17H21FN2/c1-3-13-7-8-16(20-12-13)11-17(2,19)10-14-5-4-6-15(18)9-14/h4-9,12H,3,10-11,19H2,1-2H3. The molecule has 0 fully saturated rings. The van der Waals surface area contributed by atoms with E-state index < -0.39 is 5.54 Å². The van der Waals surface area contributed by atoms with Crippen molar-refractivity contribution < 1.29 is 4.39 Å². The summed E-state index contributed by atoms with van der Waals surface area (Å²) in [6, 6.07) is 10.7. The van der Waals surface area contributed by atoms with Crippen molar-refractivity contribution in [2.75, 3.05) is 0 Å². The predicted molar refractivity (Wildman–Crippen MR) is 80.0 cm³/mol. The summed E-state index contributed by atoms with van der Waals surface area (Å²) in [5, 5.41) is 0. The molecule has 1 atom stereocenters. The third kappa shape index (κ3) is 4.14. The molecule has 20 heavy (non-hydrogen) atoms. The molecule has 0 aliphatic carbocycles. The topological polar surface area (TPSA) is 38.9 Å². The molecule has 0 saturated carbocycles. The van der Waals surface area contributed by atoms with Crippen LogP contribution in [0, 0.1) is 5.82 Å². The highest BCUT2D eigenvalue weighted by Crippen LogP contribution is 2.16. The highest BCUT2D eigenvalue weighted by Gasteiger charge is 2.20. The number of hydrogen-bond acceptors (Lipinski definition) is 2. The lowest BCUT2D eigenvalue weighted by Gasteiger charge is -2.24.